The maximum atomic E-state index is 5.88. The zero-order valence-electron chi connectivity index (χ0n) is 11.1. The molecule has 19 heavy (non-hydrogen) atoms. The van der Waals surface area contributed by atoms with E-state index < -0.39 is 0 Å². The molecule has 0 N–H and O–H groups in total. The van der Waals surface area contributed by atoms with Crippen LogP contribution in [0, 0.1) is 13.8 Å². The van der Waals surface area contributed by atoms with Gasteiger partial charge in [-0.25, -0.2) is 4.98 Å². The number of hydrogen-bond acceptors (Lipinski definition) is 2. The molecule has 1 heterocycles. The molecule has 0 saturated carbocycles. The summed E-state index contributed by atoms with van der Waals surface area (Å²) >= 11 is 0. The highest BCUT2D eigenvalue weighted by molar-refractivity contribution is 5.63. The number of nitrogens with zero attached hydrogens (tertiary/aromatic N) is 1. The van der Waals surface area contributed by atoms with Gasteiger partial charge in [0.25, 0.3) is 0 Å². The molecular weight excluding hydrogens is 234 g/mol. The van der Waals surface area contributed by atoms with E-state index in [2.05, 4.69) is 37.0 Å². The number of benzene rings is 2. The second-order valence-corrected chi connectivity index (χ2v) is 4.71. The fourth-order valence-corrected chi connectivity index (χ4v) is 2.10. The summed E-state index contributed by atoms with van der Waals surface area (Å²) in [7, 11) is 0. The van der Waals surface area contributed by atoms with Gasteiger partial charge in [0.1, 0.15) is 0 Å². The highest BCUT2D eigenvalue weighted by atomic mass is 16.4. The van der Waals surface area contributed by atoms with E-state index in [0.29, 0.717) is 5.89 Å². The number of aromatic nitrogens is 1. The first-order valence-corrected chi connectivity index (χ1v) is 6.33. The number of aryl methyl sites for hydroxylation is 2. The summed E-state index contributed by atoms with van der Waals surface area (Å²) in [5.74, 6) is 1.48. The Morgan fingerprint density at radius 2 is 1.74 bits per heavy atom. The van der Waals surface area contributed by atoms with Gasteiger partial charge in [0.2, 0.25) is 5.89 Å². The summed E-state index contributed by atoms with van der Waals surface area (Å²) in [6.07, 6.45) is 1.78. The first-order valence-electron chi connectivity index (χ1n) is 6.33. The summed E-state index contributed by atoms with van der Waals surface area (Å²) in [6.45, 7) is 4.14. The van der Waals surface area contributed by atoms with E-state index >= 15 is 0 Å². The molecule has 0 aliphatic heterocycles. The molecule has 3 aromatic rings. The third-order valence-electron chi connectivity index (χ3n) is 3.19. The van der Waals surface area contributed by atoms with E-state index in [1.807, 2.05) is 30.3 Å². The average Bonchev–Trinajstić information content (AvgIpc) is 2.92. The van der Waals surface area contributed by atoms with Crippen molar-refractivity contribution in [2.75, 3.05) is 0 Å². The van der Waals surface area contributed by atoms with Crippen LogP contribution in [0.2, 0.25) is 0 Å². The van der Waals surface area contributed by atoms with E-state index in [1.165, 1.54) is 11.1 Å². The Kier molecular flexibility index (Phi) is 2.92. The normalized spacial score (nSPS) is 10.6. The van der Waals surface area contributed by atoms with Crippen LogP contribution in [0.4, 0.5) is 0 Å². The fraction of sp³-hybridized carbons (Fsp3) is 0.118. The lowest BCUT2D eigenvalue weighted by Crippen LogP contribution is -1.84. The van der Waals surface area contributed by atoms with E-state index in [1.54, 1.807) is 6.20 Å². The van der Waals surface area contributed by atoms with Crippen LogP contribution >= 0.6 is 0 Å². The lowest BCUT2D eigenvalue weighted by Gasteiger charge is -2.02. The van der Waals surface area contributed by atoms with Crippen molar-refractivity contribution in [2.45, 2.75) is 13.8 Å². The molecule has 2 aromatic carbocycles. The minimum absolute atomic E-state index is 0.681. The van der Waals surface area contributed by atoms with E-state index in [4.69, 9.17) is 4.42 Å². The van der Waals surface area contributed by atoms with E-state index in [-0.39, 0.29) is 0 Å². The van der Waals surface area contributed by atoms with Gasteiger partial charge in [-0.3, -0.25) is 0 Å². The van der Waals surface area contributed by atoms with Crippen LogP contribution in [-0.4, -0.2) is 4.98 Å². The van der Waals surface area contributed by atoms with Gasteiger partial charge in [-0.2, -0.15) is 0 Å². The molecule has 0 aliphatic carbocycles. The molecule has 0 spiro atoms. The molecule has 0 aliphatic rings. The van der Waals surface area contributed by atoms with Gasteiger partial charge in [0.05, 0.1) is 6.20 Å². The maximum absolute atomic E-state index is 5.88. The SMILES string of the molecule is Cc1ccc(C)c(-c2ncc(-c3ccccc3)o2)c1. The highest BCUT2D eigenvalue weighted by Crippen LogP contribution is 2.28. The molecule has 0 amide bonds. The maximum Gasteiger partial charge on any atom is 0.226 e. The zero-order chi connectivity index (χ0) is 13.2. The summed E-state index contributed by atoms with van der Waals surface area (Å²) in [4.78, 5) is 4.40. The Balaban J connectivity index is 2.04. The van der Waals surface area contributed by atoms with Crippen molar-refractivity contribution in [1.29, 1.82) is 0 Å². The molecule has 0 radical (unpaired) electrons. The second kappa shape index (κ2) is 4.73. The number of oxazole rings is 1. The van der Waals surface area contributed by atoms with Crippen molar-refractivity contribution in [3.63, 3.8) is 0 Å². The van der Waals surface area contributed by atoms with Gasteiger partial charge >= 0.3 is 0 Å². The Bertz CT molecular complexity index is 698. The molecule has 0 fully saturated rings. The Labute approximate surface area is 112 Å². The van der Waals surface area contributed by atoms with Crippen molar-refractivity contribution in [2.24, 2.45) is 0 Å². The van der Waals surface area contributed by atoms with Crippen molar-refractivity contribution in [3.05, 3.63) is 65.9 Å². The van der Waals surface area contributed by atoms with Gasteiger partial charge in [0, 0.05) is 11.1 Å². The van der Waals surface area contributed by atoms with Crippen molar-refractivity contribution < 1.29 is 4.42 Å². The molecular formula is C17H15NO. The van der Waals surface area contributed by atoms with Crippen molar-refractivity contribution >= 4 is 0 Å². The third kappa shape index (κ3) is 2.29. The Morgan fingerprint density at radius 3 is 2.53 bits per heavy atom. The highest BCUT2D eigenvalue weighted by Gasteiger charge is 2.10. The van der Waals surface area contributed by atoms with Crippen LogP contribution in [0.5, 0.6) is 0 Å². The van der Waals surface area contributed by atoms with Crippen LogP contribution in [0.1, 0.15) is 11.1 Å². The molecule has 0 bridgehead atoms. The fourth-order valence-electron chi connectivity index (χ4n) is 2.10. The molecule has 2 nitrogen and oxygen atoms in total. The molecule has 2 heteroatoms. The van der Waals surface area contributed by atoms with Crippen LogP contribution in [0.3, 0.4) is 0 Å². The Morgan fingerprint density at radius 1 is 0.947 bits per heavy atom. The lowest BCUT2D eigenvalue weighted by atomic mass is 10.1. The van der Waals surface area contributed by atoms with Gasteiger partial charge in [-0.1, -0.05) is 48.0 Å². The molecule has 0 unspecified atom stereocenters. The zero-order valence-corrected chi connectivity index (χ0v) is 11.1. The minimum Gasteiger partial charge on any atom is -0.436 e. The van der Waals surface area contributed by atoms with E-state index in [9.17, 15) is 0 Å². The molecule has 94 valence electrons. The van der Waals surface area contributed by atoms with E-state index in [0.717, 1.165) is 16.9 Å². The number of rotatable bonds is 2. The molecule has 3 rings (SSSR count). The minimum atomic E-state index is 0.681. The molecule has 0 saturated heterocycles. The Hall–Kier alpha value is -2.35. The van der Waals surface area contributed by atoms with Gasteiger partial charge in [-0.05, 0) is 25.5 Å². The van der Waals surface area contributed by atoms with Crippen LogP contribution < -0.4 is 0 Å². The summed E-state index contributed by atoms with van der Waals surface area (Å²) in [5, 5.41) is 0. The van der Waals surface area contributed by atoms with Crippen LogP contribution in [0.25, 0.3) is 22.8 Å². The molecule has 1 aromatic heterocycles. The van der Waals surface area contributed by atoms with Crippen molar-refractivity contribution in [3.8, 4) is 22.8 Å². The van der Waals surface area contributed by atoms with Gasteiger partial charge in [-0.15, -0.1) is 0 Å². The summed E-state index contributed by atoms with van der Waals surface area (Å²) in [5.41, 5.74) is 4.49. The van der Waals surface area contributed by atoms with Gasteiger partial charge < -0.3 is 4.42 Å². The third-order valence-corrected chi connectivity index (χ3v) is 3.19. The van der Waals surface area contributed by atoms with Crippen LogP contribution in [-0.2, 0) is 0 Å². The van der Waals surface area contributed by atoms with Crippen LogP contribution in [0.15, 0.2) is 59.1 Å². The first-order chi connectivity index (χ1) is 9.24. The standard InChI is InChI=1S/C17H15NO/c1-12-8-9-13(2)15(10-12)17-18-11-16(19-17)14-6-4-3-5-7-14/h3-11H,1-2H3. The smallest absolute Gasteiger partial charge is 0.226 e. The van der Waals surface area contributed by atoms with Gasteiger partial charge in [0.15, 0.2) is 5.76 Å². The lowest BCUT2D eigenvalue weighted by molar-refractivity contribution is 0.588. The second-order valence-electron chi connectivity index (χ2n) is 4.71. The largest absolute Gasteiger partial charge is 0.436 e. The topological polar surface area (TPSA) is 26.0 Å². The predicted octanol–water partition coefficient (Wildman–Crippen LogP) is 4.63. The quantitative estimate of drug-likeness (QED) is 0.662. The predicted molar refractivity (Wildman–Crippen MR) is 76.8 cm³/mol. The van der Waals surface area contributed by atoms with Crippen molar-refractivity contribution in [1.82, 2.24) is 4.98 Å². The summed E-state index contributed by atoms with van der Waals surface area (Å²) in [6, 6.07) is 16.3. The summed E-state index contributed by atoms with van der Waals surface area (Å²) < 4.78 is 5.88. The first kappa shape index (κ1) is 11.7. The average molecular weight is 249 g/mol. The molecule has 0 atom stereocenters. The monoisotopic (exact) mass is 249 g/mol. The number of hydrogen-bond donors (Lipinski definition) is 0.